The Labute approximate surface area is 155 Å². The molecule has 0 saturated carbocycles. The van der Waals surface area contributed by atoms with Gasteiger partial charge in [-0.3, -0.25) is 9.88 Å². The first-order chi connectivity index (χ1) is 12.7. The zero-order chi connectivity index (χ0) is 17.9. The van der Waals surface area contributed by atoms with Crippen molar-refractivity contribution in [3.8, 4) is 0 Å². The maximum absolute atomic E-state index is 4.51. The summed E-state index contributed by atoms with van der Waals surface area (Å²) in [5.74, 6) is 0.613. The Hall–Kier alpha value is -2.24. The highest BCUT2D eigenvalue weighted by molar-refractivity contribution is 5.81. The minimum Gasteiger partial charge on any atom is -0.337 e. The average molecular weight is 349 g/mol. The van der Waals surface area contributed by atoms with Crippen LogP contribution in [0.1, 0.15) is 11.3 Å². The lowest BCUT2D eigenvalue weighted by Gasteiger charge is -2.24. The molecular weight excluding hydrogens is 322 g/mol. The second kappa shape index (κ2) is 7.56. The molecule has 1 saturated heterocycles. The van der Waals surface area contributed by atoms with Gasteiger partial charge in [-0.15, -0.1) is 0 Å². The van der Waals surface area contributed by atoms with E-state index in [0.717, 1.165) is 44.7 Å². The van der Waals surface area contributed by atoms with E-state index < -0.39 is 0 Å². The van der Waals surface area contributed by atoms with Crippen molar-refractivity contribution < 1.29 is 0 Å². The number of fused-ring (bicyclic) bond motifs is 1. The van der Waals surface area contributed by atoms with Crippen molar-refractivity contribution in [3.63, 3.8) is 0 Å². The van der Waals surface area contributed by atoms with Gasteiger partial charge in [0.05, 0.1) is 17.5 Å². The Morgan fingerprint density at radius 2 is 2.00 bits per heavy atom. The van der Waals surface area contributed by atoms with Gasteiger partial charge in [0.15, 0.2) is 0 Å². The number of hydrogen-bond donors (Lipinski definition) is 0. The highest BCUT2D eigenvalue weighted by Crippen LogP contribution is 2.22. The molecule has 0 amide bonds. The molecule has 0 radical (unpaired) electrons. The lowest BCUT2D eigenvalue weighted by Crippen LogP contribution is -2.31. The van der Waals surface area contributed by atoms with E-state index in [-0.39, 0.29) is 0 Å². The van der Waals surface area contributed by atoms with Crippen molar-refractivity contribution in [2.75, 3.05) is 33.2 Å². The first-order valence-corrected chi connectivity index (χ1v) is 9.38. The summed E-state index contributed by atoms with van der Waals surface area (Å²) in [6.45, 7) is 5.45. The van der Waals surface area contributed by atoms with E-state index in [2.05, 4.69) is 62.7 Å². The summed E-state index contributed by atoms with van der Waals surface area (Å²) >= 11 is 0. The van der Waals surface area contributed by atoms with E-state index in [1.54, 1.807) is 0 Å². The summed E-state index contributed by atoms with van der Waals surface area (Å²) in [5.41, 5.74) is 3.79. The van der Waals surface area contributed by atoms with Crippen LogP contribution < -0.4 is 0 Å². The van der Waals surface area contributed by atoms with Crippen LogP contribution in [0.2, 0.25) is 0 Å². The Morgan fingerprint density at radius 3 is 2.85 bits per heavy atom. The van der Waals surface area contributed by atoms with E-state index in [0.29, 0.717) is 5.92 Å². The quantitative estimate of drug-likeness (QED) is 0.725. The number of imidazole rings is 1. The van der Waals surface area contributed by atoms with Crippen molar-refractivity contribution in [1.29, 1.82) is 0 Å². The Balaban J connectivity index is 1.53. The second-order valence-electron chi connectivity index (χ2n) is 7.55. The fourth-order valence-electron chi connectivity index (χ4n) is 4.05. The summed E-state index contributed by atoms with van der Waals surface area (Å²) in [7, 11) is 4.32. The molecule has 1 aliphatic heterocycles. The SMILES string of the molecule is CN1CCN(Cc2cncn2C)CC(Cc2cccc3ncccc23)C1. The van der Waals surface area contributed by atoms with E-state index in [1.807, 2.05) is 24.8 Å². The lowest BCUT2D eigenvalue weighted by atomic mass is 9.95. The number of nitrogens with zero attached hydrogens (tertiary/aromatic N) is 5. The molecule has 0 bridgehead atoms. The van der Waals surface area contributed by atoms with Gasteiger partial charge in [-0.25, -0.2) is 4.98 Å². The molecule has 1 unspecified atom stereocenters. The summed E-state index contributed by atoms with van der Waals surface area (Å²) in [6.07, 6.45) is 6.84. The topological polar surface area (TPSA) is 37.2 Å². The number of aromatic nitrogens is 3. The normalized spacial score (nSPS) is 19.7. The molecule has 5 nitrogen and oxygen atoms in total. The molecule has 136 valence electrons. The van der Waals surface area contributed by atoms with Crippen LogP contribution in [0.15, 0.2) is 49.1 Å². The van der Waals surface area contributed by atoms with Crippen LogP contribution in [0.25, 0.3) is 10.9 Å². The first-order valence-electron chi connectivity index (χ1n) is 9.38. The maximum Gasteiger partial charge on any atom is 0.0945 e. The second-order valence-corrected chi connectivity index (χ2v) is 7.55. The Bertz CT molecular complexity index is 866. The van der Waals surface area contributed by atoms with Gasteiger partial charge in [0.2, 0.25) is 0 Å². The number of aryl methyl sites for hydroxylation is 1. The van der Waals surface area contributed by atoms with Crippen molar-refractivity contribution in [2.45, 2.75) is 13.0 Å². The molecule has 1 aromatic carbocycles. The summed E-state index contributed by atoms with van der Waals surface area (Å²) in [6, 6.07) is 10.7. The molecule has 0 spiro atoms. The third kappa shape index (κ3) is 3.79. The molecule has 3 heterocycles. The number of likely N-dealkylation sites (N-methyl/N-ethyl adjacent to an activating group) is 1. The molecule has 26 heavy (non-hydrogen) atoms. The van der Waals surface area contributed by atoms with E-state index >= 15 is 0 Å². The average Bonchev–Trinajstić information content (AvgIpc) is 2.95. The minimum atomic E-state index is 0.613. The van der Waals surface area contributed by atoms with Crippen LogP contribution in [0.4, 0.5) is 0 Å². The van der Waals surface area contributed by atoms with Crippen LogP contribution in [0.3, 0.4) is 0 Å². The number of hydrogen-bond acceptors (Lipinski definition) is 4. The van der Waals surface area contributed by atoms with E-state index in [4.69, 9.17) is 0 Å². The molecule has 4 rings (SSSR count). The van der Waals surface area contributed by atoms with Crippen molar-refractivity contribution in [2.24, 2.45) is 13.0 Å². The van der Waals surface area contributed by atoms with Crippen LogP contribution >= 0.6 is 0 Å². The van der Waals surface area contributed by atoms with Gasteiger partial charge >= 0.3 is 0 Å². The van der Waals surface area contributed by atoms with Crippen LogP contribution in [-0.4, -0.2) is 57.6 Å². The lowest BCUT2D eigenvalue weighted by molar-refractivity contribution is 0.244. The zero-order valence-electron chi connectivity index (χ0n) is 15.7. The zero-order valence-corrected chi connectivity index (χ0v) is 15.7. The van der Waals surface area contributed by atoms with Crippen molar-refractivity contribution >= 4 is 10.9 Å². The van der Waals surface area contributed by atoms with Crippen LogP contribution in [0, 0.1) is 5.92 Å². The minimum absolute atomic E-state index is 0.613. The Morgan fingerprint density at radius 1 is 1.08 bits per heavy atom. The molecule has 1 aliphatic rings. The Kier molecular flexibility index (Phi) is 5.00. The largest absolute Gasteiger partial charge is 0.337 e. The molecule has 1 atom stereocenters. The van der Waals surface area contributed by atoms with Gasteiger partial charge in [-0.2, -0.15) is 0 Å². The van der Waals surface area contributed by atoms with Crippen molar-refractivity contribution in [3.05, 3.63) is 60.3 Å². The predicted molar refractivity (Wildman–Crippen MR) is 105 cm³/mol. The molecule has 2 aromatic heterocycles. The highest BCUT2D eigenvalue weighted by atomic mass is 15.2. The summed E-state index contributed by atoms with van der Waals surface area (Å²) in [4.78, 5) is 13.8. The monoisotopic (exact) mass is 349 g/mol. The number of rotatable bonds is 4. The predicted octanol–water partition coefficient (Wildman–Crippen LogP) is 2.57. The highest BCUT2D eigenvalue weighted by Gasteiger charge is 2.22. The molecule has 0 N–H and O–H groups in total. The first kappa shape index (κ1) is 17.2. The summed E-state index contributed by atoms with van der Waals surface area (Å²) < 4.78 is 2.12. The van der Waals surface area contributed by atoms with Gasteiger partial charge in [0.1, 0.15) is 0 Å². The molecule has 1 fully saturated rings. The van der Waals surface area contributed by atoms with Gasteiger partial charge < -0.3 is 9.47 Å². The van der Waals surface area contributed by atoms with E-state index in [1.165, 1.54) is 16.6 Å². The smallest absolute Gasteiger partial charge is 0.0945 e. The third-order valence-electron chi connectivity index (χ3n) is 5.43. The molecule has 0 aliphatic carbocycles. The molecular formula is C21H27N5. The fraction of sp³-hybridized carbons (Fsp3) is 0.429. The molecule has 3 aromatic rings. The van der Waals surface area contributed by atoms with Crippen molar-refractivity contribution in [1.82, 2.24) is 24.3 Å². The maximum atomic E-state index is 4.51. The van der Waals surface area contributed by atoms with Crippen LogP contribution in [0.5, 0.6) is 0 Å². The summed E-state index contributed by atoms with van der Waals surface area (Å²) in [5, 5.41) is 1.29. The van der Waals surface area contributed by atoms with Gasteiger partial charge in [0.25, 0.3) is 0 Å². The van der Waals surface area contributed by atoms with E-state index in [9.17, 15) is 0 Å². The number of benzene rings is 1. The standard InChI is InChI=1S/C21H27N5/c1-24-9-10-26(15-19-12-22-16-25(19)2)14-17(13-24)11-18-5-3-7-21-20(18)6-4-8-23-21/h3-8,12,16-17H,9-11,13-15H2,1-2H3. The third-order valence-corrected chi connectivity index (χ3v) is 5.43. The van der Waals surface area contributed by atoms with Gasteiger partial charge in [0, 0.05) is 57.6 Å². The molecule has 5 heteroatoms. The van der Waals surface area contributed by atoms with Crippen LogP contribution in [-0.2, 0) is 20.0 Å². The van der Waals surface area contributed by atoms with Gasteiger partial charge in [-0.1, -0.05) is 18.2 Å². The fourth-order valence-corrected chi connectivity index (χ4v) is 4.05. The number of pyridine rings is 1. The van der Waals surface area contributed by atoms with Gasteiger partial charge in [-0.05, 0) is 37.1 Å².